The van der Waals surface area contributed by atoms with E-state index in [2.05, 4.69) is 5.32 Å². The summed E-state index contributed by atoms with van der Waals surface area (Å²) >= 11 is 5.85. The Morgan fingerprint density at radius 3 is 2.32 bits per heavy atom. The summed E-state index contributed by atoms with van der Waals surface area (Å²) in [6.45, 7) is 1.75. The molecule has 0 radical (unpaired) electrons. The second-order valence-corrected chi connectivity index (χ2v) is 8.41. The molecule has 0 saturated carbocycles. The van der Waals surface area contributed by atoms with Gasteiger partial charge in [0.15, 0.2) is 0 Å². The van der Waals surface area contributed by atoms with Gasteiger partial charge in [0.1, 0.15) is 17.5 Å². The molecule has 1 N–H and O–H groups in total. The second-order valence-electron chi connectivity index (χ2n) is 6.12. The zero-order valence-electron chi connectivity index (χ0n) is 16.1. The maximum absolute atomic E-state index is 12.7. The van der Waals surface area contributed by atoms with E-state index in [-0.39, 0.29) is 12.2 Å². The topological polar surface area (TPSA) is 84.9 Å². The molecule has 7 nitrogen and oxygen atoms in total. The van der Waals surface area contributed by atoms with E-state index >= 15 is 0 Å². The fourth-order valence-electron chi connectivity index (χ4n) is 2.69. The standard InChI is InChI=1S/C19H23ClN2O5S/c1-13(19(23)21-12-14-5-7-15(20)8-6-14)22(28(4,24)25)17-11-16(26-2)9-10-18(17)27-3/h5-11,13H,12H2,1-4H3,(H,21,23). The molecular weight excluding hydrogens is 404 g/mol. The number of ether oxygens (including phenoxy) is 2. The summed E-state index contributed by atoms with van der Waals surface area (Å²) in [7, 11) is -0.890. The van der Waals surface area contributed by atoms with Crippen molar-refractivity contribution in [1.29, 1.82) is 0 Å². The van der Waals surface area contributed by atoms with E-state index in [1.165, 1.54) is 27.2 Å². The van der Waals surface area contributed by atoms with Crippen LogP contribution >= 0.6 is 11.6 Å². The highest BCUT2D eigenvalue weighted by molar-refractivity contribution is 7.92. The molecule has 0 heterocycles. The average molecular weight is 427 g/mol. The van der Waals surface area contributed by atoms with Gasteiger partial charge in [0.2, 0.25) is 15.9 Å². The van der Waals surface area contributed by atoms with Gasteiger partial charge in [0.25, 0.3) is 0 Å². The van der Waals surface area contributed by atoms with Crippen LogP contribution in [-0.4, -0.2) is 40.8 Å². The summed E-state index contributed by atoms with van der Waals surface area (Å²) in [5, 5.41) is 3.34. The number of carbonyl (C=O) groups is 1. The molecule has 0 aliphatic heterocycles. The lowest BCUT2D eigenvalue weighted by atomic mass is 10.2. The number of halogens is 1. The average Bonchev–Trinajstić information content (AvgIpc) is 2.66. The van der Waals surface area contributed by atoms with Crippen LogP contribution in [0, 0.1) is 0 Å². The van der Waals surface area contributed by atoms with Gasteiger partial charge in [0.05, 0.1) is 26.2 Å². The van der Waals surface area contributed by atoms with Crippen molar-refractivity contribution in [1.82, 2.24) is 5.32 Å². The molecule has 28 heavy (non-hydrogen) atoms. The van der Waals surface area contributed by atoms with Gasteiger partial charge in [-0.15, -0.1) is 0 Å². The fourth-order valence-corrected chi connectivity index (χ4v) is 3.99. The Morgan fingerprint density at radius 2 is 1.79 bits per heavy atom. The summed E-state index contributed by atoms with van der Waals surface area (Å²) in [6.07, 6.45) is 1.04. The van der Waals surface area contributed by atoms with E-state index in [1.54, 1.807) is 36.4 Å². The molecule has 0 aliphatic rings. The van der Waals surface area contributed by atoms with Gasteiger partial charge in [-0.2, -0.15) is 0 Å². The number of sulfonamides is 1. The van der Waals surface area contributed by atoms with Crippen LogP contribution in [0.4, 0.5) is 5.69 Å². The molecule has 0 bridgehead atoms. The third-order valence-electron chi connectivity index (χ3n) is 4.09. The Bertz CT molecular complexity index is 932. The van der Waals surface area contributed by atoms with Crippen molar-refractivity contribution in [2.45, 2.75) is 19.5 Å². The van der Waals surface area contributed by atoms with Crippen molar-refractivity contribution in [3.8, 4) is 11.5 Å². The summed E-state index contributed by atoms with van der Waals surface area (Å²) in [5.74, 6) is 0.298. The molecular formula is C19H23ClN2O5S. The summed E-state index contributed by atoms with van der Waals surface area (Å²) in [4.78, 5) is 12.7. The van der Waals surface area contributed by atoms with E-state index in [1.807, 2.05) is 0 Å². The van der Waals surface area contributed by atoms with E-state index in [9.17, 15) is 13.2 Å². The molecule has 1 amide bonds. The van der Waals surface area contributed by atoms with Gasteiger partial charge in [-0.1, -0.05) is 23.7 Å². The number of nitrogens with one attached hydrogen (secondary N) is 1. The summed E-state index contributed by atoms with van der Waals surface area (Å²) in [5.41, 5.74) is 1.06. The minimum Gasteiger partial charge on any atom is -0.497 e. The van der Waals surface area contributed by atoms with Gasteiger partial charge in [-0.05, 0) is 36.8 Å². The monoisotopic (exact) mass is 426 g/mol. The molecule has 9 heteroatoms. The Balaban J connectivity index is 2.30. The molecule has 0 saturated heterocycles. The molecule has 0 fully saturated rings. The largest absolute Gasteiger partial charge is 0.497 e. The first-order valence-electron chi connectivity index (χ1n) is 8.41. The number of methoxy groups -OCH3 is 2. The molecule has 0 aliphatic carbocycles. The minimum atomic E-state index is -3.79. The van der Waals surface area contributed by atoms with Crippen molar-refractivity contribution < 1.29 is 22.7 Å². The third kappa shape index (κ3) is 5.30. The smallest absolute Gasteiger partial charge is 0.243 e. The SMILES string of the molecule is COc1ccc(OC)c(N(C(C)C(=O)NCc2ccc(Cl)cc2)S(C)(=O)=O)c1. The number of hydrogen-bond donors (Lipinski definition) is 1. The maximum atomic E-state index is 12.7. The fraction of sp³-hybridized carbons (Fsp3) is 0.316. The lowest BCUT2D eigenvalue weighted by Crippen LogP contribution is -2.47. The first-order valence-corrected chi connectivity index (χ1v) is 10.6. The number of hydrogen-bond acceptors (Lipinski definition) is 5. The van der Waals surface area contributed by atoms with Gasteiger partial charge < -0.3 is 14.8 Å². The highest BCUT2D eigenvalue weighted by atomic mass is 35.5. The summed E-state index contributed by atoms with van der Waals surface area (Å²) in [6, 6.07) is 10.7. The Labute approximate surface area is 170 Å². The molecule has 0 aromatic heterocycles. The van der Waals surface area contributed by atoms with Crippen molar-refractivity contribution in [2.24, 2.45) is 0 Å². The van der Waals surface area contributed by atoms with Gasteiger partial charge >= 0.3 is 0 Å². The lowest BCUT2D eigenvalue weighted by molar-refractivity contribution is -0.122. The quantitative estimate of drug-likeness (QED) is 0.701. The molecule has 2 aromatic rings. The van der Waals surface area contributed by atoms with Gasteiger partial charge in [0, 0.05) is 17.6 Å². The number of nitrogens with zero attached hydrogens (tertiary/aromatic N) is 1. The first-order chi connectivity index (χ1) is 13.2. The zero-order chi connectivity index (χ0) is 20.9. The molecule has 0 spiro atoms. The number of amides is 1. The van der Waals surface area contributed by atoms with Crippen LogP contribution in [-0.2, 0) is 21.4 Å². The Kier molecular flexibility index (Phi) is 7.15. The zero-order valence-corrected chi connectivity index (χ0v) is 17.7. The van der Waals surface area contributed by atoms with Crippen LogP contribution in [0.5, 0.6) is 11.5 Å². The van der Waals surface area contributed by atoms with Crippen LogP contribution in [0.2, 0.25) is 5.02 Å². The molecule has 152 valence electrons. The Hall–Kier alpha value is -2.45. The van der Waals surface area contributed by atoms with Gasteiger partial charge in [-0.25, -0.2) is 8.42 Å². The second kappa shape index (κ2) is 9.16. The van der Waals surface area contributed by atoms with Crippen LogP contribution in [0.15, 0.2) is 42.5 Å². The normalized spacial score (nSPS) is 12.2. The predicted octanol–water partition coefficient (Wildman–Crippen LogP) is 2.83. The third-order valence-corrected chi connectivity index (χ3v) is 5.57. The number of carbonyl (C=O) groups excluding carboxylic acids is 1. The Morgan fingerprint density at radius 1 is 1.14 bits per heavy atom. The van der Waals surface area contributed by atoms with Crippen molar-refractivity contribution in [2.75, 3.05) is 24.8 Å². The van der Waals surface area contributed by atoms with Crippen molar-refractivity contribution >= 4 is 33.2 Å². The molecule has 1 atom stereocenters. The van der Waals surface area contributed by atoms with Crippen LogP contribution in [0.25, 0.3) is 0 Å². The van der Waals surface area contributed by atoms with Crippen molar-refractivity contribution in [3.05, 3.63) is 53.1 Å². The van der Waals surface area contributed by atoms with E-state index < -0.39 is 22.0 Å². The highest BCUT2D eigenvalue weighted by Gasteiger charge is 2.31. The first kappa shape index (κ1) is 21.8. The molecule has 2 rings (SSSR count). The maximum Gasteiger partial charge on any atom is 0.243 e. The highest BCUT2D eigenvalue weighted by Crippen LogP contribution is 2.35. The number of anilines is 1. The van der Waals surface area contributed by atoms with E-state index in [4.69, 9.17) is 21.1 Å². The number of benzene rings is 2. The summed E-state index contributed by atoms with van der Waals surface area (Å²) < 4.78 is 36.5. The van der Waals surface area contributed by atoms with Crippen LogP contribution in [0.1, 0.15) is 12.5 Å². The lowest BCUT2D eigenvalue weighted by Gasteiger charge is -2.29. The van der Waals surface area contributed by atoms with E-state index in [0.29, 0.717) is 16.5 Å². The van der Waals surface area contributed by atoms with Crippen LogP contribution < -0.4 is 19.1 Å². The molecule has 1 unspecified atom stereocenters. The molecule has 2 aromatic carbocycles. The number of rotatable bonds is 8. The minimum absolute atomic E-state index is 0.221. The van der Waals surface area contributed by atoms with Gasteiger partial charge in [-0.3, -0.25) is 9.10 Å². The van der Waals surface area contributed by atoms with Crippen molar-refractivity contribution in [3.63, 3.8) is 0 Å². The van der Waals surface area contributed by atoms with Crippen LogP contribution in [0.3, 0.4) is 0 Å². The predicted molar refractivity (Wildman–Crippen MR) is 110 cm³/mol. The van der Waals surface area contributed by atoms with E-state index in [0.717, 1.165) is 16.1 Å².